The maximum atomic E-state index is 11.9. The average molecular weight is 258 g/mol. The highest BCUT2D eigenvalue weighted by atomic mass is 32.2. The van der Waals surface area contributed by atoms with Crippen LogP contribution in [0.3, 0.4) is 0 Å². The maximum Gasteiger partial charge on any atom is 0.337 e. The second-order valence-electron chi connectivity index (χ2n) is 4.44. The van der Waals surface area contributed by atoms with Crippen LogP contribution in [0.4, 0.5) is 5.69 Å². The summed E-state index contributed by atoms with van der Waals surface area (Å²) in [5, 5.41) is 8.90. The molecule has 2 N–H and O–H groups in total. The molecule has 0 fully saturated rings. The lowest BCUT2D eigenvalue weighted by Crippen LogP contribution is -2.34. The molecule has 0 amide bonds. The number of carboxylic acids is 1. The molecule has 1 heterocycles. The minimum atomic E-state index is -3.66. The van der Waals surface area contributed by atoms with Gasteiger partial charge in [0.15, 0.2) is 0 Å². The monoisotopic (exact) mass is 258 g/mol. The lowest BCUT2D eigenvalue weighted by molar-refractivity contribution is 0.0698. The SMILES string of the molecule is CC(C)(C)S(=O)(=O)Nc1cnccc1C(=O)O. The van der Waals surface area contributed by atoms with Gasteiger partial charge in [0.25, 0.3) is 0 Å². The lowest BCUT2D eigenvalue weighted by atomic mass is 10.2. The summed E-state index contributed by atoms with van der Waals surface area (Å²) >= 11 is 0. The van der Waals surface area contributed by atoms with Crippen LogP contribution in [0.25, 0.3) is 0 Å². The van der Waals surface area contributed by atoms with Crippen LogP contribution in [-0.2, 0) is 10.0 Å². The number of nitrogens with zero attached hydrogens (tertiary/aromatic N) is 1. The number of aromatic nitrogens is 1. The van der Waals surface area contributed by atoms with Crippen molar-refractivity contribution in [1.29, 1.82) is 0 Å². The van der Waals surface area contributed by atoms with E-state index in [-0.39, 0.29) is 11.3 Å². The maximum absolute atomic E-state index is 11.9. The molecule has 7 heteroatoms. The molecule has 0 radical (unpaired) electrons. The van der Waals surface area contributed by atoms with Crippen molar-refractivity contribution >= 4 is 21.7 Å². The number of sulfonamides is 1. The van der Waals surface area contributed by atoms with Crippen LogP contribution in [-0.4, -0.2) is 29.2 Å². The van der Waals surface area contributed by atoms with Gasteiger partial charge in [-0.15, -0.1) is 0 Å². The summed E-state index contributed by atoms with van der Waals surface area (Å²) < 4.78 is 24.9. The van der Waals surface area contributed by atoms with E-state index >= 15 is 0 Å². The smallest absolute Gasteiger partial charge is 0.337 e. The summed E-state index contributed by atoms with van der Waals surface area (Å²) in [6.45, 7) is 4.56. The predicted molar refractivity (Wildman–Crippen MR) is 63.5 cm³/mol. The third-order valence-electron chi connectivity index (χ3n) is 2.10. The third kappa shape index (κ3) is 2.94. The molecular formula is C10H14N2O4S. The van der Waals surface area contributed by atoms with Crippen LogP contribution in [0, 0.1) is 0 Å². The zero-order valence-corrected chi connectivity index (χ0v) is 10.6. The highest BCUT2D eigenvalue weighted by Gasteiger charge is 2.30. The summed E-state index contributed by atoms with van der Waals surface area (Å²) in [6, 6.07) is 1.24. The topological polar surface area (TPSA) is 96.4 Å². The van der Waals surface area contributed by atoms with Crippen molar-refractivity contribution in [2.45, 2.75) is 25.5 Å². The summed E-state index contributed by atoms with van der Waals surface area (Å²) in [6.07, 6.45) is 2.46. The van der Waals surface area contributed by atoms with Crippen LogP contribution >= 0.6 is 0 Å². The van der Waals surface area contributed by atoms with E-state index in [0.29, 0.717) is 0 Å². The molecule has 0 saturated carbocycles. The first-order chi connectivity index (χ1) is 7.65. The van der Waals surface area contributed by atoms with Crippen LogP contribution in [0.2, 0.25) is 0 Å². The summed E-state index contributed by atoms with van der Waals surface area (Å²) in [7, 11) is -3.66. The van der Waals surface area contributed by atoms with E-state index in [1.54, 1.807) is 0 Å². The molecule has 1 aromatic rings. The largest absolute Gasteiger partial charge is 0.478 e. The minimum absolute atomic E-state index is 0.0325. The van der Waals surface area contributed by atoms with Gasteiger partial charge in [0.1, 0.15) is 0 Å². The number of carbonyl (C=O) groups is 1. The Balaban J connectivity index is 3.18. The molecule has 94 valence electrons. The van der Waals surface area contributed by atoms with Gasteiger partial charge in [0.05, 0.1) is 22.2 Å². The first-order valence-corrected chi connectivity index (χ1v) is 6.33. The van der Waals surface area contributed by atoms with E-state index in [9.17, 15) is 13.2 Å². The van der Waals surface area contributed by atoms with E-state index in [2.05, 4.69) is 9.71 Å². The molecule has 0 saturated heterocycles. The van der Waals surface area contributed by atoms with Gasteiger partial charge in [-0.2, -0.15) is 0 Å². The first-order valence-electron chi connectivity index (χ1n) is 4.85. The molecule has 0 aromatic carbocycles. The van der Waals surface area contributed by atoms with Crippen LogP contribution in [0.5, 0.6) is 0 Å². The Morgan fingerprint density at radius 2 is 2.00 bits per heavy atom. The number of hydrogen-bond donors (Lipinski definition) is 2. The number of carboxylic acid groups (broad SMARTS) is 1. The Morgan fingerprint density at radius 3 is 2.47 bits per heavy atom. The lowest BCUT2D eigenvalue weighted by Gasteiger charge is -2.20. The van der Waals surface area contributed by atoms with Crippen LogP contribution < -0.4 is 4.72 Å². The molecule has 1 aromatic heterocycles. The van der Waals surface area contributed by atoms with Gasteiger partial charge in [-0.05, 0) is 26.8 Å². The molecule has 0 aliphatic rings. The van der Waals surface area contributed by atoms with Crippen molar-refractivity contribution in [3.63, 3.8) is 0 Å². The number of anilines is 1. The van der Waals surface area contributed by atoms with Crippen molar-refractivity contribution in [3.05, 3.63) is 24.0 Å². The zero-order valence-electron chi connectivity index (χ0n) is 9.76. The predicted octanol–water partition coefficient (Wildman–Crippen LogP) is 1.32. The molecule has 1 rings (SSSR count). The Morgan fingerprint density at radius 1 is 1.41 bits per heavy atom. The normalized spacial score (nSPS) is 12.2. The van der Waals surface area contributed by atoms with Gasteiger partial charge in [-0.25, -0.2) is 13.2 Å². The highest BCUT2D eigenvalue weighted by Crippen LogP contribution is 2.21. The molecule has 0 atom stereocenters. The van der Waals surface area contributed by atoms with Crippen molar-refractivity contribution in [2.24, 2.45) is 0 Å². The number of hydrogen-bond acceptors (Lipinski definition) is 4. The zero-order chi connectivity index (χ0) is 13.3. The summed E-state index contributed by atoms with van der Waals surface area (Å²) in [4.78, 5) is 14.6. The Kier molecular flexibility index (Phi) is 3.42. The van der Waals surface area contributed by atoms with Gasteiger partial charge >= 0.3 is 5.97 Å². The van der Waals surface area contributed by atoms with E-state index in [1.165, 1.54) is 39.2 Å². The van der Waals surface area contributed by atoms with Crippen molar-refractivity contribution in [3.8, 4) is 0 Å². The standard InChI is InChI=1S/C10H14N2O4S/c1-10(2,3)17(15,16)12-8-6-11-5-4-7(8)9(13)14/h4-6,12H,1-3H3,(H,13,14). The van der Waals surface area contributed by atoms with E-state index in [4.69, 9.17) is 5.11 Å². The fourth-order valence-corrected chi connectivity index (χ4v) is 1.72. The number of rotatable bonds is 3. The minimum Gasteiger partial charge on any atom is -0.478 e. The number of pyridine rings is 1. The molecule has 0 aliphatic carbocycles. The van der Waals surface area contributed by atoms with Crippen molar-refractivity contribution < 1.29 is 18.3 Å². The molecule has 0 unspecified atom stereocenters. The Bertz CT molecular complexity index is 531. The highest BCUT2D eigenvalue weighted by molar-refractivity contribution is 7.94. The van der Waals surface area contributed by atoms with Crippen LogP contribution in [0.15, 0.2) is 18.5 Å². The fraction of sp³-hybridized carbons (Fsp3) is 0.400. The summed E-state index contributed by atoms with van der Waals surface area (Å²) in [5.74, 6) is -1.21. The molecule has 0 aliphatic heterocycles. The molecular weight excluding hydrogens is 244 g/mol. The van der Waals surface area contributed by atoms with Gasteiger partial charge in [-0.3, -0.25) is 9.71 Å². The van der Waals surface area contributed by atoms with Gasteiger partial charge in [0.2, 0.25) is 10.0 Å². The van der Waals surface area contributed by atoms with E-state index in [0.717, 1.165) is 0 Å². The number of nitrogens with one attached hydrogen (secondary N) is 1. The molecule has 6 nitrogen and oxygen atoms in total. The third-order valence-corrected chi connectivity index (χ3v) is 4.20. The Labute approximate surface area is 99.7 Å². The first kappa shape index (κ1) is 13.4. The van der Waals surface area contributed by atoms with E-state index < -0.39 is 20.7 Å². The fourth-order valence-electron chi connectivity index (χ4n) is 0.960. The molecule has 0 spiro atoms. The van der Waals surface area contributed by atoms with Gasteiger partial charge < -0.3 is 5.11 Å². The average Bonchev–Trinajstić information content (AvgIpc) is 2.15. The second kappa shape index (κ2) is 4.33. The van der Waals surface area contributed by atoms with E-state index in [1.807, 2.05) is 0 Å². The van der Waals surface area contributed by atoms with Gasteiger partial charge in [-0.1, -0.05) is 0 Å². The van der Waals surface area contributed by atoms with Crippen molar-refractivity contribution in [1.82, 2.24) is 4.98 Å². The quantitative estimate of drug-likeness (QED) is 0.852. The van der Waals surface area contributed by atoms with Crippen molar-refractivity contribution in [2.75, 3.05) is 4.72 Å². The van der Waals surface area contributed by atoms with Crippen LogP contribution in [0.1, 0.15) is 31.1 Å². The van der Waals surface area contributed by atoms with Gasteiger partial charge in [0, 0.05) is 6.20 Å². The molecule has 0 bridgehead atoms. The number of aromatic carboxylic acids is 1. The second-order valence-corrected chi connectivity index (χ2v) is 6.88. The molecule has 17 heavy (non-hydrogen) atoms. The summed E-state index contributed by atoms with van der Waals surface area (Å²) in [5.41, 5.74) is -0.164. The Hall–Kier alpha value is -1.63.